The molecule has 5 heteroatoms. The minimum absolute atomic E-state index is 0. The monoisotopic (exact) mass is 328 g/mol. The maximum atomic E-state index is 5.32. The van der Waals surface area contributed by atoms with E-state index in [1.54, 1.807) is 11.8 Å². The molecule has 14 heavy (non-hydrogen) atoms. The van der Waals surface area contributed by atoms with Gasteiger partial charge in [0.2, 0.25) is 4.38 Å². The van der Waals surface area contributed by atoms with Gasteiger partial charge < -0.3 is 4.74 Å². The molecule has 0 spiro atoms. The number of rotatable bonds is 6. The van der Waals surface area contributed by atoms with Crippen molar-refractivity contribution in [3.8, 4) is 0 Å². The van der Waals surface area contributed by atoms with Crippen molar-refractivity contribution in [2.24, 2.45) is 0 Å². The molecule has 0 atom stereocenters. The summed E-state index contributed by atoms with van der Waals surface area (Å²) in [6.07, 6.45) is 4.73. The molecular weight excluding hydrogens is 312 g/mol. The van der Waals surface area contributed by atoms with Crippen LogP contribution in [-0.2, 0) is 40.7 Å². The standard InChI is InChI=1S/C9H18OS2.Ni.Zn/c1-3-5-7-10-9(11)12-8-6-4-2;;/h3-8H2,1-2H3;;/q;2*+2. The van der Waals surface area contributed by atoms with E-state index >= 15 is 0 Å². The van der Waals surface area contributed by atoms with E-state index in [4.69, 9.17) is 17.0 Å². The largest absolute Gasteiger partial charge is 2.00 e. The second-order valence-corrected chi connectivity index (χ2v) is 4.35. The zero-order valence-corrected chi connectivity index (χ0v) is 14.6. The molecule has 0 saturated carbocycles. The van der Waals surface area contributed by atoms with Crippen LogP contribution < -0.4 is 0 Å². The van der Waals surface area contributed by atoms with Gasteiger partial charge >= 0.3 is 36.0 Å². The van der Waals surface area contributed by atoms with Crippen molar-refractivity contribution in [1.82, 2.24) is 0 Å². The number of hydrogen-bond donors (Lipinski definition) is 0. The van der Waals surface area contributed by atoms with Gasteiger partial charge in [-0.25, -0.2) is 0 Å². The molecule has 0 amide bonds. The Morgan fingerprint density at radius 1 is 1.21 bits per heavy atom. The number of thioether (sulfide) groups is 1. The maximum Gasteiger partial charge on any atom is 2.00 e. The minimum Gasteiger partial charge on any atom is -0.479 e. The normalized spacial score (nSPS) is 8.43. The number of unbranched alkanes of at least 4 members (excludes halogenated alkanes) is 2. The van der Waals surface area contributed by atoms with Crippen LogP contribution in [0.5, 0.6) is 0 Å². The molecule has 0 N–H and O–H groups in total. The third-order valence-electron chi connectivity index (χ3n) is 1.44. The second kappa shape index (κ2) is 16.8. The van der Waals surface area contributed by atoms with Gasteiger partial charge in [-0.3, -0.25) is 0 Å². The Morgan fingerprint density at radius 3 is 2.29 bits per heavy atom. The molecule has 1 nitrogen and oxygen atoms in total. The van der Waals surface area contributed by atoms with Gasteiger partial charge in [0.15, 0.2) is 0 Å². The van der Waals surface area contributed by atoms with Crippen LogP contribution in [0.1, 0.15) is 39.5 Å². The van der Waals surface area contributed by atoms with Crippen LogP contribution in [0.3, 0.4) is 0 Å². The van der Waals surface area contributed by atoms with Gasteiger partial charge in [-0.2, -0.15) is 0 Å². The van der Waals surface area contributed by atoms with E-state index in [0.29, 0.717) is 0 Å². The van der Waals surface area contributed by atoms with Gasteiger partial charge in [-0.15, -0.1) is 0 Å². The van der Waals surface area contributed by atoms with E-state index in [9.17, 15) is 0 Å². The van der Waals surface area contributed by atoms with Crippen LogP contribution in [0.4, 0.5) is 0 Å². The molecule has 0 radical (unpaired) electrons. The van der Waals surface area contributed by atoms with Crippen molar-refractivity contribution in [3.05, 3.63) is 0 Å². The van der Waals surface area contributed by atoms with E-state index in [-0.39, 0.29) is 36.0 Å². The van der Waals surface area contributed by atoms with Gasteiger partial charge in [0, 0.05) is 5.75 Å². The number of ether oxygens (including phenoxy) is 1. The summed E-state index contributed by atoms with van der Waals surface area (Å²) in [6.45, 7) is 5.12. The molecule has 0 bridgehead atoms. The van der Waals surface area contributed by atoms with Gasteiger partial charge in [-0.05, 0) is 25.1 Å². The van der Waals surface area contributed by atoms with Crippen LogP contribution >= 0.6 is 24.0 Å². The van der Waals surface area contributed by atoms with Gasteiger partial charge in [0.25, 0.3) is 0 Å². The summed E-state index contributed by atoms with van der Waals surface area (Å²) in [7, 11) is 0. The average Bonchev–Trinajstić information content (AvgIpc) is 2.06. The Labute approximate surface area is 120 Å². The Kier molecular flexibility index (Phi) is 24.8. The van der Waals surface area contributed by atoms with E-state index < -0.39 is 0 Å². The zero-order valence-electron chi connectivity index (χ0n) is 8.99. The first-order valence-corrected chi connectivity index (χ1v) is 6.00. The molecule has 80 valence electrons. The third kappa shape index (κ3) is 15.8. The van der Waals surface area contributed by atoms with E-state index in [1.165, 1.54) is 19.3 Å². The SMILES string of the molecule is CCCCOC(=S)SCCCC.[Ni+2].[Zn+2]. The number of thiocarbonyl (C=S) groups is 1. The van der Waals surface area contributed by atoms with Crippen LogP contribution in [0.15, 0.2) is 0 Å². The molecule has 0 fully saturated rings. The summed E-state index contributed by atoms with van der Waals surface area (Å²) >= 11 is 6.68. The summed E-state index contributed by atoms with van der Waals surface area (Å²) in [5, 5.41) is 0. The predicted octanol–water partition coefficient (Wildman–Crippen LogP) is 3.62. The van der Waals surface area contributed by atoms with E-state index in [1.807, 2.05) is 0 Å². The quantitative estimate of drug-likeness (QED) is 0.418. The van der Waals surface area contributed by atoms with Crippen molar-refractivity contribution in [3.63, 3.8) is 0 Å². The van der Waals surface area contributed by atoms with Crippen molar-refractivity contribution in [2.75, 3.05) is 12.4 Å². The molecule has 0 aliphatic carbocycles. The van der Waals surface area contributed by atoms with Crippen LogP contribution in [0, 0.1) is 0 Å². The molecule has 0 aromatic rings. The smallest absolute Gasteiger partial charge is 0.479 e. The predicted molar refractivity (Wildman–Crippen MR) is 60.8 cm³/mol. The van der Waals surface area contributed by atoms with Crippen molar-refractivity contribution >= 4 is 28.4 Å². The van der Waals surface area contributed by atoms with Crippen molar-refractivity contribution in [2.45, 2.75) is 39.5 Å². The second-order valence-electron chi connectivity index (χ2n) is 2.65. The first-order chi connectivity index (χ1) is 5.81. The van der Waals surface area contributed by atoms with E-state index in [2.05, 4.69) is 13.8 Å². The number of hydrogen-bond acceptors (Lipinski definition) is 3. The average molecular weight is 330 g/mol. The van der Waals surface area contributed by atoms with E-state index in [0.717, 1.165) is 23.2 Å². The first-order valence-electron chi connectivity index (χ1n) is 4.60. The zero-order chi connectivity index (χ0) is 9.23. The Morgan fingerprint density at radius 2 is 1.79 bits per heavy atom. The molecule has 0 aromatic carbocycles. The maximum absolute atomic E-state index is 5.32. The Bertz CT molecular complexity index is 113. The first kappa shape index (κ1) is 20.7. The van der Waals surface area contributed by atoms with Crippen molar-refractivity contribution < 1.29 is 40.7 Å². The molecule has 0 aromatic heterocycles. The molecule has 0 saturated heterocycles. The summed E-state index contributed by atoms with van der Waals surface area (Å²) in [4.78, 5) is 0. The van der Waals surface area contributed by atoms with Crippen molar-refractivity contribution in [1.29, 1.82) is 0 Å². The molecule has 0 aliphatic rings. The summed E-state index contributed by atoms with van der Waals surface area (Å²) in [5.41, 5.74) is 0. The molecule has 0 unspecified atom stereocenters. The van der Waals surface area contributed by atoms with Crippen LogP contribution in [0.2, 0.25) is 0 Å². The fourth-order valence-electron chi connectivity index (χ4n) is 0.641. The fraction of sp³-hybridized carbons (Fsp3) is 0.889. The minimum atomic E-state index is 0. The fourth-order valence-corrected chi connectivity index (χ4v) is 1.74. The van der Waals surface area contributed by atoms with Crippen LogP contribution in [0.25, 0.3) is 0 Å². The summed E-state index contributed by atoms with van der Waals surface area (Å²) < 4.78 is 6.04. The third-order valence-corrected chi connectivity index (χ3v) is 2.75. The van der Waals surface area contributed by atoms with Gasteiger partial charge in [-0.1, -0.05) is 38.5 Å². The molecule has 0 aliphatic heterocycles. The van der Waals surface area contributed by atoms with Gasteiger partial charge in [0.1, 0.15) is 0 Å². The molecule has 0 rings (SSSR count). The Balaban J connectivity index is -0.000000605. The molecular formula is C9H18NiOS2Zn+4. The summed E-state index contributed by atoms with van der Waals surface area (Å²) in [6, 6.07) is 0. The van der Waals surface area contributed by atoms with Gasteiger partial charge in [0.05, 0.1) is 6.61 Å². The van der Waals surface area contributed by atoms with Crippen LogP contribution in [-0.4, -0.2) is 16.7 Å². The Hall–Kier alpha value is 1.36. The topological polar surface area (TPSA) is 9.23 Å². The molecule has 0 heterocycles. The summed E-state index contributed by atoms with van der Waals surface area (Å²) in [5.74, 6) is 1.10.